The molecule has 0 aliphatic heterocycles. The van der Waals surface area contributed by atoms with Crippen molar-refractivity contribution in [3.8, 4) is 5.75 Å². The van der Waals surface area contributed by atoms with Crippen molar-refractivity contribution in [1.29, 1.82) is 0 Å². The van der Waals surface area contributed by atoms with Crippen molar-refractivity contribution in [2.75, 3.05) is 7.11 Å². The summed E-state index contributed by atoms with van der Waals surface area (Å²) in [5, 5.41) is 4.27. The number of hydrogen-bond acceptors (Lipinski definition) is 4. The minimum atomic E-state index is 0.849. The first kappa shape index (κ1) is 16.2. The number of aryl methyl sites for hydroxylation is 1. The number of benzene rings is 1. The zero-order chi connectivity index (χ0) is 16.8. The molecule has 3 rings (SSSR count). The van der Waals surface area contributed by atoms with Gasteiger partial charge in [0.15, 0.2) is 0 Å². The second-order valence-corrected chi connectivity index (χ2v) is 5.87. The van der Waals surface area contributed by atoms with Crippen LogP contribution in [-0.4, -0.2) is 26.8 Å². The Hall–Kier alpha value is -2.66. The van der Waals surface area contributed by atoms with Gasteiger partial charge in [-0.25, -0.2) is 0 Å². The van der Waals surface area contributed by atoms with Gasteiger partial charge < -0.3 is 4.74 Å². The maximum Gasteiger partial charge on any atom is 0.118 e. The van der Waals surface area contributed by atoms with Gasteiger partial charge in [0.1, 0.15) is 5.75 Å². The second-order valence-electron chi connectivity index (χ2n) is 5.87. The molecule has 5 heteroatoms. The fourth-order valence-corrected chi connectivity index (χ4v) is 2.71. The number of aromatic nitrogens is 3. The van der Waals surface area contributed by atoms with Gasteiger partial charge in [-0.05, 0) is 35.4 Å². The minimum Gasteiger partial charge on any atom is -0.497 e. The first-order valence-corrected chi connectivity index (χ1v) is 7.94. The lowest BCUT2D eigenvalue weighted by Gasteiger charge is -2.22. The maximum atomic E-state index is 5.24. The molecule has 24 heavy (non-hydrogen) atoms. The minimum absolute atomic E-state index is 0.849. The molecular weight excluding hydrogens is 300 g/mol. The summed E-state index contributed by atoms with van der Waals surface area (Å²) in [6, 6.07) is 12.4. The predicted molar refractivity (Wildman–Crippen MR) is 93.4 cm³/mol. The molecule has 0 aliphatic carbocycles. The van der Waals surface area contributed by atoms with Gasteiger partial charge in [-0.3, -0.25) is 14.6 Å². The summed E-state index contributed by atoms with van der Waals surface area (Å²) in [5.41, 5.74) is 3.72. The average molecular weight is 322 g/mol. The summed E-state index contributed by atoms with van der Waals surface area (Å²) in [6.45, 7) is 2.58. The molecule has 0 N–H and O–H groups in total. The Morgan fingerprint density at radius 1 is 0.917 bits per heavy atom. The number of pyridine rings is 1. The van der Waals surface area contributed by atoms with Crippen LogP contribution in [0.5, 0.6) is 5.75 Å². The van der Waals surface area contributed by atoms with E-state index in [4.69, 9.17) is 4.74 Å². The first-order chi connectivity index (χ1) is 11.7. The van der Waals surface area contributed by atoms with Crippen LogP contribution in [0.2, 0.25) is 0 Å². The van der Waals surface area contributed by atoms with Crippen molar-refractivity contribution < 1.29 is 4.74 Å². The monoisotopic (exact) mass is 322 g/mol. The van der Waals surface area contributed by atoms with Gasteiger partial charge in [0.25, 0.3) is 0 Å². The molecule has 0 fully saturated rings. The van der Waals surface area contributed by atoms with Gasteiger partial charge in [0, 0.05) is 50.8 Å². The lowest BCUT2D eigenvalue weighted by atomic mass is 10.1. The smallest absolute Gasteiger partial charge is 0.118 e. The highest BCUT2D eigenvalue weighted by atomic mass is 16.5. The Labute approximate surface area is 142 Å². The summed E-state index contributed by atoms with van der Waals surface area (Å²) < 4.78 is 7.08. The van der Waals surface area contributed by atoms with Crippen molar-refractivity contribution in [3.63, 3.8) is 0 Å². The zero-order valence-electron chi connectivity index (χ0n) is 14.1. The van der Waals surface area contributed by atoms with E-state index >= 15 is 0 Å². The molecule has 0 saturated carbocycles. The van der Waals surface area contributed by atoms with Crippen LogP contribution >= 0.6 is 0 Å². The molecule has 0 saturated heterocycles. The van der Waals surface area contributed by atoms with E-state index in [9.17, 15) is 0 Å². The van der Waals surface area contributed by atoms with E-state index in [1.807, 2.05) is 42.5 Å². The highest BCUT2D eigenvalue weighted by Crippen LogP contribution is 2.16. The molecule has 3 aromatic rings. The van der Waals surface area contributed by atoms with Gasteiger partial charge in [0.2, 0.25) is 0 Å². The molecule has 2 heterocycles. The summed E-state index contributed by atoms with van der Waals surface area (Å²) in [7, 11) is 3.63. The molecule has 0 bridgehead atoms. The molecule has 5 nitrogen and oxygen atoms in total. The summed E-state index contributed by atoms with van der Waals surface area (Å²) >= 11 is 0. The molecule has 1 aromatic carbocycles. The summed E-state index contributed by atoms with van der Waals surface area (Å²) in [5.74, 6) is 0.881. The van der Waals surface area contributed by atoms with E-state index in [0.29, 0.717) is 0 Å². The molecule has 124 valence electrons. The summed E-state index contributed by atoms with van der Waals surface area (Å²) in [6.07, 6.45) is 7.66. The van der Waals surface area contributed by atoms with Crippen LogP contribution in [0, 0.1) is 0 Å². The van der Waals surface area contributed by atoms with Crippen LogP contribution in [-0.2, 0) is 26.7 Å². The van der Waals surface area contributed by atoms with Gasteiger partial charge in [0.05, 0.1) is 13.3 Å². The standard InChI is InChI=1S/C19H22N4O/c1-22-12-18(11-21-22)15-23(14-17-7-9-20-10-8-17)13-16-3-5-19(24-2)6-4-16/h3-12H,13-15H2,1-2H3. The fourth-order valence-electron chi connectivity index (χ4n) is 2.71. The Bertz CT molecular complexity index is 753. The third-order valence-electron chi connectivity index (χ3n) is 3.89. The van der Waals surface area contributed by atoms with E-state index < -0.39 is 0 Å². The van der Waals surface area contributed by atoms with Crippen molar-refractivity contribution in [1.82, 2.24) is 19.7 Å². The highest BCUT2D eigenvalue weighted by molar-refractivity contribution is 5.27. The van der Waals surface area contributed by atoms with Crippen LogP contribution < -0.4 is 4.74 Å². The van der Waals surface area contributed by atoms with Gasteiger partial charge in [-0.2, -0.15) is 5.10 Å². The number of methoxy groups -OCH3 is 1. The lowest BCUT2D eigenvalue weighted by molar-refractivity contribution is 0.247. The molecule has 0 unspecified atom stereocenters. The maximum absolute atomic E-state index is 5.24. The van der Waals surface area contributed by atoms with E-state index in [1.165, 1.54) is 16.7 Å². The van der Waals surface area contributed by atoms with Crippen LogP contribution in [0.3, 0.4) is 0 Å². The zero-order valence-corrected chi connectivity index (χ0v) is 14.1. The Balaban J connectivity index is 1.74. The number of ether oxygens (including phenoxy) is 1. The van der Waals surface area contributed by atoms with E-state index in [0.717, 1.165) is 25.4 Å². The lowest BCUT2D eigenvalue weighted by Crippen LogP contribution is -2.22. The quantitative estimate of drug-likeness (QED) is 0.670. The van der Waals surface area contributed by atoms with Gasteiger partial charge in [-0.15, -0.1) is 0 Å². The second kappa shape index (κ2) is 7.75. The Morgan fingerprint density at radius 2 is 1.54 bits per heavy atom. The van der Waals surface area contributed by atoms with Gasteiger partial charge in [-0.1, -0.05) is 12.1 Å². The van der Waals surface area contributed by atoms with E-state index in [2.05, 4.69) is 45.4 Å². The number of rotatable bonds is 7. The van der Waals surface area contributed by atoms with Crippen LogP contribution in [0.25, 0.3) is 0 Å². The molecule has 2 aromatic heterocycles. The third kappa shape index (κ3) is 4.43. The largest absolute Gasteiger partial charge is 0.497 e. The molecule has 0 aliphatic rings. The number of hydrogen-bond donors (Lipinski definition) is 0. The third-order valence-corrected chi connectivity index (χ3v) is 3.89. The highest BCUT2D eigenvalue weighted by Gasteiger charge is 2.10. The normalized spacial score (nSPS) is 11.0. The Kier molecular flexibility index (Phi) is 5.23. The van der Waals surface area contributed by atoms with Crippen molar-refractivity contribution in [3.05, 3.63) is 77.9 Å². The topological polar surface area (TPSA) is 43.2 Å². The molecule has 0 atom stereocenters. The van der Waals surface area contributed by atoms with E-state index in [-0.39, 0.29) is 0 Å². The van der Waals surface area contributed by atoms with Crippen LogP contribution in [0.15, 0.2) is 61.2 Å². The summed E-state index contributed by atoms with van der Waals surface area (Å²) in [4.78, 5) is 6.49. The molecule has 0 spiro atoms. The average Bonchev–Trinajstić information content (AvgIpc) is 3.01. The SMILES string of the molecule is COc1ccc(CN(Cc2ccncc2)Cc2cnn(C)c2)cc1. The van der Waals surface area contributed by atoms with Gasteiger partial charge >= 0.3 is 0 Å². The number of nitrogens with zero attached hydrogens (tertiary/aromatic N) is 4. The van der Waals surface area contributed by atoms with Crippen LogP contribution in [0.1, 0.15) is 16.7 Å². The van der Waals surface area contributed by atoms with Crippen molar-refractivity contribution >= 4 is 0 Å². The van der Waals surface area contributed by atoms with Crippen molar-refractivity contribution in [2.45, 2.75) is 19.6 Å². The molecular formula is C19H22N4O. The fraction of sp³-hybridized carbons (Fsp3) is 0.263. The van der Waals surface area contributed by atoms with Crippen molar-refractivity contribution in [2.24, 2.45) is 7.05 Å². The molecule has 0 radical (unpaired) electrons. The molecule has 0 amide bonds. The van der Waals surface area contributed by atoms with E-state index in [1.54, 1.807) is 7.11 Å². The van der Waals surface area contributed by atoms with Crippen LogP contribution in [0.4, 0.5) is 0 Å². The first-order valence-electron chi connectivity index (χ1n) is 7.94. The predicted octanol–water partition coefficient (Wildman–Crippen LogP) is 3.03. The Morgan fingerprint density at radius 3 is 2.12 bits per heavy atom.